The average molecular weight is 72.1 g/mol. The van der Waals surface area contributed by atoms with Crippen LogP contribution in [0, 0.1) is 0 Å². The normalized spacial score (nSPS) is 5.00. The van der Waals surface area contributed by atoms with E-state index in [-0.39, 0.29) is 0 Å². The van der Waals surface area contributed by atoms with Gasteiger partial charge in [0.25, 0.3) is 0 Å². The Labute approximate surface area is 29.9 Å². The van der Waals surface area contributed by atoms with Gasteiger partial charge in [0, 0.05) is 0 Å². The van der Waals surface area contributed by atoms with Crippen LogP contribution in [-0.2, 0) is 4.89 Å². The molecular formula is C3H4O2. The summed E-state index contributed by atoms with van der Waals surface area (Å²) in [5, 5.41) is 7.41. The highest BCUT2D eigenvalue weighted by molar-refractivity contribution is 4.61. The predicted molar refractivity (Wildman–Crippen MR) is 17.4 cm³/mol. The van der Waals surface area contributed by atoms with Gasteiger partial charge >= 0.3 is 0 Å². The van der Waals surface area contributed by atoms with E-state index in [9.17, 15) is 0 Å². The van der Waals surface area contributed by atoms with Crippen LogP contribution in [0.4, 0.5) is 0 Å². The molecule has 0 atom stereocenters. The van der Waals surface area contributed by atoms with Crippen LogP contribution in [0.15, 0.2) is 18.6 Å². The maximum Gasteiger partial charge on any atom is 0.170 e. The van der Waals surface area contributed by atoms with E-state index in [4.69, 9.17) is 5.26 Å². The molecule has 0 rings (SSSR count). The summed E-state index contributed by atoms with van der Waals surface area (Å²) in [7, 11) is 0. The Morgan fingerprint density at radius 3 is 2.60 bits per heavy atom. The van der Waals surface area contributed by atoms with E-state index >= 15 is 0 Å². The van der Waals surface area contributed by atoms with Gasteiger partial charge in [0.05, 0.1) is 0 Å². The van der Waals surface area contributed by atoms with Gasteiger partial charge in [0.15, 0.2) is 6.26 Å². The fraction of sp³-hybridized carbons (Fsp3) is 0. The van der Waals surface area contributed by atoms with Crippen LogP contribution >= 0.6 is 0 Å². The van der Waals surface area contributed by atoms with Crippen LogP contribution in [0.25, 0.3) is 0 Å². The minimum Gasteiger partial charge on any atom is -0.340 e. The lowest BCUT2D eigenvalue weighted by atomic mass is 11.0. The van der Waals surface area contributed by atoms with Gasteiger partial charge < -0.3 is 4.89 Å². The van der Waals surface area contributed by atoms with Gasteiger partial charge in [-0.05, 0) is 0 Å². The molecule has 0 heterocycles. The fourth-order valence-corrected chi connectivity index (χ4v) is 0.0373. The molecule has 0 aliphatic rings. The van der Waals surface area contributed by atoms with E-state index in [1.807, 2.05) is 0 Å². The van der Waals surface area contributed by atoms with Crippen LogP contribution in [0.2, 0.25) is 0 Å². The van der Waals surface area contributed by atoms with Crippen molar-refractivity contribution in [1.82, 2.24) is 0 Å². The first-order valence-electron chi connectivity index (χ1n) is 1.06. The molecule has 0 saturated carbocycles. The highest BCUT2D eigenvalue weighted by Gasteiger charge is 1.44. The molecule has 0 spiro atoms. The Morgan fingerprint density at radius 1 is 2.00 bits per heavy atom. The van der Waals surface area contributed by atoms with Crippen LogP contribution in [0.3, 0.4) is 0 Å². The van der Waals surface area contributed by atoms with Crippen molar-refractivity contribution in [3.05, 3.63) is 18.6 Å². The molecule has 2 nitrogen and oxygen atoms in total. The number of hydrogen-bond acceptors (Lipinski definition) is 2. The summed E-state index contributed by atoms with van der Waals surface area (Å²) in [6.45, 7) is 3.08. The lowest BCUT2D eigenvalue weighted by Crippen LogP contribution is -1.57. The molecule has 0 fully saturated rings. The van der Waals surface area contributed by atoms with Gasteiger partial charge in [0.2, 0.25) is 0 Å². The molecule has 1 N–H and O–H groups in total. The molecule has 0 aliphatic heterocycles. The first kappa shape index (κ1) is 4.28. The van der Waals surface area contributed by atoms with Crippen molar-refractivity contribution in [2.24, 2.45) is 0 Å². The second kappa shape index (κ2) is 3.28. The standard InChI is InChI=1S/C3H4O2/c1-2-3-5-4/h3-4H,1H2. The summed E-state index contributed by atoms with van der Waals surface area (Å²) in [5.41, 5.74) is 2.17. The van der Waals surface area contributed by atoms with E-state index in [2.05, 4.69) is 17.2 Å². The quantitative estimate of drug-likeness (QED) is 0.214. The van der Waals surface area contributed by atoms with Crippen LogP contribution in [0.5, 0.6) is 0 Å². The van der Waals surface area contributed by atoms with Gasteiger partial charge in [-0.15, -0.1) is 0 Å². The highest BCUT2D eigenvalue weighted by Crippen LogP contribution is 1.56. The van der Waals surface area contributed by atoms with Gasteiger partial charge in [-0.1, -0.05) is 12.3 Å². The van der Waals surface area contributed by atoms with Crippen molar-refractivity contribution in [1.29, 1.82) is 0 Å². The molecule has 0 amide bonds. The molecular weight excluding hydrogens is 68.0 g/mol. The molecule has 0 aliphatic carbocycles. The Kier molecular flexibility index (Phi) is 2.81. The number of rotatable bonds is 1. The van der Waals surface area contributed by atoms with E-state index < -0.39 is 0 Å². The van der Waals surface area contributed by atoms with Crippen molar-refractivity contribution in [3.8, 4) is 0 Å². The van der Waals surface area contributed by atoms with E-state index in [1.165, 1.54) is 0 Å². The minimum absolute atomic E-state index is 0.944. The lowest BCUT2D eigenvalue weighted by molar-refractivity contribution is -0.186. The van der Waals surface area contributed by atoms with Crippen molar-refractivity contribution >= 4 is 0 Å². The third-order valence-electron chi connectivity index (χ3n) is 0.136. The van der Waals surface area contributed by atoms with Crippen molar-refractivity contribution < 1.29 is 10.1 Å². The van der Waals surface area contributed by atoms with E-state index in [1.54, 1.807) is 0 Å². The molecule has 5 heavy (non-hydrogen) atoms. The molecule has 28 valence electrons. The third kappa shape index (κ3) is 3.28. The summed E-state index contributed by atoms with van der Waals surface area (Å²) in [6.07, 6.45) is 0.944. The Hall–Kier alpha value is -0.720. The third-order valence-corrected chi connectivity index (χ3v) is 0.136. The van der Waals surface area contributed by atoms with Crippen molar-refractivity contribution in [2.75, 3.05) is 0 Å². The minimum atomic E-state index is 0.944. The zero-order valence-electron chi connectivity index (χ0n) is 2.64. The number of hydrogen-bond donors (Lipinski definition) is 1. The van der Waals surface area contributed by atoms with Gasteiger partial charge in [-0.2, -0.15) is 0 Å². The first-order valence-corrected chi connectivity index (χ1v) is 1.06. The van der Waals surface area contributed by atoms with Gasteiger partial charge in [0.1, 0.15) is 0 Å². The smallest absolute Gasteiger partial charge is 0.170 e. The fourth-order valence-electron chi connectivity index (χ4n) is 0.0373. The highest BCUT2D eigenvalue weighted by atomic mass is 17.1. The molecule has 0 aromatic carbocycles. The summed E-state index contributed by atoms with van der Waals surface area (Å²) >= 11 is 0. The zero-order valence-corrected chi connectivity index (χ0v) is 2.64. The molecule has 0 aromatic heterocycles. The van der Waals surface area contributed by atoms with Crippen LogP contribution in [0.1, 0.15) is 0 Å². The lowest BCUT2D eigenvalue weighted by Gasteiger charge is -1.69. The Bertz CT molecular complexity index is 51.9. The van der Waals surface area contributed by atoms with E-state index in [0.29, 0.717) is 0 Å². The maximum absolute atomic E-state index is 7.41. The van der Waals surface area contributed by atoms with Gasteiger partial charge in [-0.25, -0.2) is 5.26 Å². The van der Waals surface area contributed by atoms with Gasteiger partial charge in [-0.3, -0.25) is 0 Å². The SMILES string of the molecule is C=C=COO. The zero-order chi connectivity index (χ0) is 4.12. The summed E-state index contributed by atoms with van der Waals surface area (Å²) in [4.78, 5) is 3.39. The summed E-state index contributed by atoms with van der Waals surface area (Å²) < 4.78 is 0. The Morgan fingerprint density at radius 2 is 2.60 bits per heavy atom. The van der Waals surface area contributed by atoms with Crippen LogP contribution < -0.4 is 0 Å². The average Bonchev–Trinajstić information content (AvgIpc) is 1.41. The summed E-state index contributed by atoms with van der Waals surface area (Å²) in [5.74, 6) is 0. The molecule has 0 aromatic rings. The first-order chi connectivity index (χ1) is 2.41. The summed E-state index contributed by atoms with van der Waals surface area (Å²) in [6, 6.07) is 0. The monoisotopic (exact) mass is 72.0 g/mol. The topological polar surface area (TPSA) is 29.5 Å². The van der Waals surface area contributed by atoms with Crippen molar-refractivity contribution in [2.45, 2.75) is 0 Å². The second-order valence-electron chi connectivity index (χ2n) is 0.427. The Balaban J connectivity index is 2.93. The molecule has 0 radical (unpaired) electrons. The van der Waals surface area contributed by atoms with E-state index in [0.717, 1.165) is 6.26 Å². The predicted octanol–water partition coefficient (Wildman–Crippen LogP) is 0.775. The van der Waals surface area contributed by atoms with Crippen LogP contribution in [-0.4, -0.2) is 5.26 Å². The molecule has 0 unspecified atom stereocenters. The second-order valence-corrected chi connectivity index (χ2v) is 0.427. The van der Waals surface area contributed by atoms with Crippen molar-refractivity contribution in [3.63, 3.8) is 0 Å². The molecule has 0 saturated heterocycles. The molecule has 2 heteroatoms. The molecule has 0 bridgehead atoms. The largest absolute Gasteiger partial charge is 0.340 e. The maximum atomic E-state index is 7.41.